The molecule has 0 radical (unpaired) electrons. The number of aliphatic imine (C=N–C) groups is 1. The van der Waals surface area contributed by atoms with E-state index < -0.39 is 5.60 Å². The lowest BCUT2D eigenvalue weighted by Crippen LogP contribution is -2.21. The minimum atomic E-state index is -1.000. The van der Waals surface area contributed by atoms with Crippen molar-refractivity contribution < 1.29 is 9.84 Å². The van der Waals surface area contributed by atoms with Crippen molar-refractivity contribution >= 4 is 12.0 Å². The van der Waals surface area contributed by atoms with Crippen molar-refractivity contribution in [1.29, 1.82) is 0 Å². The van der Waals surface area contributed by atoms with E-state index in [1.165, 1.54) is 0 Å². The molecule has 0 fully saturated rings. The van der Waals surface area contributed by atoms with Gasteiger partial charge in [-0.3, -0.25) is 0 Å². The highest BCUT2D eigenvalue weighted by Crippen LogP contribution is 2.37. The van der Waals surface area contributed by atoms with Crippen LogP contribution in [-0.2, 0) is 5.60 Å². The van der Waals surface area contributed by atoms with Crippen LogP contribution in [0.5, 0.6) is 5.75 Å². The summed E-state index contributed by atoms with van der Waals surface area (Å²) >= 11 is 0. The van der Waals surface area contributed by atoms with Crippen molar-refractivity contribution in [3.63, 3.8) is 0 Å². The van der Waals surface area contributed by atoms with Gasteiger partial charge in [-0.2, -0.15) is 0 Å². The van der Waals surface area contributed by atoms with Crippen LogP contribution in [0.15, 0.2) is 29.8 Å². The fourth-order valence-corrected chi connectivity index (χ4v) is 2.04. The fraction of sp³-hybridized carbons (Fsp3) is 0.471. The third kappa shape index (κ3) is 4.33. The lowest BCUT2D eigenvalue weighted by Gasteiger charge is -2.25. The second-order valence-electron chi connectivity index (χ2n) is 5.42. The number of hydrogen-bond acceptors (Lipinski definition) is 3. The molecule has 116 valence electrons. The van der Waals surface area contributed by atoms with Crippen molar-refractivity contribution in [2.45, 2.75) is 32.8 Å². The highest BCUT2D eigenvalue weighted by molar-refractivity contribution is 5.65. The molecule has 1 N–H and O–H groups in total. The molecule has 1 aromatic carbocycles. The van der Waals surface area contributed by atoms with E-state index >= 15 is 0 Å². The van der Waals surface area contributed by atoms with Gasteiger partial charge >= 0.3 is 0 Å². The van der Waals surface area contributed by atoms with Gasteiger partial charge in [0, 0.05) is 25.2 Å². The molecule has 1 aromatic rings. The topological polar surface area (TPSA) is 45.1 Å². The quantitative estimate of drug-likeness (QED) is 0.475. The van der Waals surface area contributed by atoms with Crippen LogP contribution in [0.25, 0.3) is 0 Å². The number of ether oxygens (including phenoxy) is 1. The number of aliphatic hydroxyl groups is 1. The molecule has 1 atom stereocenters. The summed E-state index contributed by atoms with van der Waals surface area (Å²) in [6.07, 6.45) is 3.96. The Labute approximate surface area is 127 Å². The van der Waals surface area contributed by atoms with Crippen LogP contribution >= 0.6 is 0 Å². The maximum atomic E-state index is 10.6. The van der Waals surface area contributed by atoms with Crippen molar-refractivity contribution in [3.05, 3.63) is 35.9 Å². The van der Waals surface area contributed by atoms with E-state index in [2.05, 4.69) is 18.5 Å². The van der Waals surface area contributed by atoms with Gasteiger partial charge < -0.3 is 14.7 Å². The Morgan fingerprint density at radius 3 is 2.67 bits per heavy atom. The molecule has 0 bridgehead atoms. The van der Waals surface area contributed by atoms with E-state index in [1.54, 1.807) is 26.4 Å². The average molecular weight is 290 g/mol. The zero-order valence-electron chi connectivity index (χ0n) is 13.7. The van der Waals surface area contributed by atoms with Crippen molar-refractivity contribution in [1.82, 2.24) is 4.90 Å². The molecule has 0 aliphatic heterocycles. The van der Waals surface area contributed by atoms with Crippen molar-refractivity contribution in [2.24, 2.45) is 4.99 Å². The Morgan fingerprint density at radius 1 is 1.48 bits per heavy atom. The first-order valence-corrected chi connectivity index (χ1v) is 7.12. The first kappa shape index (κ1) is 17.2. The zero-order chi connectivity index (χ0) is 16.0. The van der Waals surface area contributed by atoms with Crippen LogP contribution in [-0.4, -0.2) is 37.0 Å². The standard InChI is InChI=1S/C17H26N2O2/c1-7-9-17(4,20)14-10-13(3)15(11-16(14)21-6)18-12-19(5)8-2/h7,10-12,20H,1,8-9H2,2-6H3. The van der Waals surface area contributed by atoms with E-state index in [4.69, 9.17) is 4.74 Å². The number of rotatable bonds is 7. The van der Waals surface area contributed by atoms with E-state index in [0.29, 0.717) is 12.2 Å². The van der Waals surface area contributed by atoms with Crippen LogP contribution in [0, 0.1) is 6.92 Å². The van der Waals surface area contributed by atoms with Gasteiger partial charge in [0.15, 0.2) is 0 Å². The SMILES string of the molecule is C=CCC(C)(O)c1cc(C)c(N=CN(C)CC)cc1OC. The van der Waals surface area contributed by atoms with Gasteiger partial charge in [0.1, 0.15) is 5.75 Å². The zero-order valence-corrected chi connectivity index (χ0v) is 13.7. The summed E-state index contributed by atoms with van der Waals surface area (Å²) < 4.78 is 5.43. The van der Waals surface area contributed by atoms with Crippen molar-refractivity contribution in [3.8, 4) is 5.75 Å². The molecule has 1 rings (SSSR count). The Kier molecular flexibility index (Phi) is 5.97. The molecule has 4 nitrogen and oxygen atoms in total. The summed E-state index contributed by atoms with van der Waals surface area (Å²) in [7, 11) is 3.57. The van der Waals surface area contributed by atoms with E-state index in [1.807, 2.05) is 31.0 Å². The Hall–Kier alpha value is -1.81. The number of benzene rings is 1. The monoisotopic (exact) mass is 290 g/mol. The third-order valence-corrected chi connectivity index (χ3v) is 3.53. The van der Waals surface area contributed by atoms with Crippen LogP contribution in [0.1, 0.15) is 31.4 Å². The molecule has 4 heteroatoms. The van der Waals surface area contributed by atoms with Crippen LogP contribution in [0.2, 0.25) is 0 Å². The molecule has 0 aromatic heterocycles. The van der Waals surface area contributed by atoms with Gasteiger partial charge in [-0.25, -0.2) is 4.99 Å². The normalized spacial score (nSPS) is 14.0. The van der Waals surface area contributed by atoms with Gasteiger partial charge in [0.25, 0.3) is 0 Å². The highest BCUT2D eigenvalue weighted by Gasteiger charge is 2.26. The minimum absolute atomic E-state index is 0.462. The summed E-state index contributed by atoms with van der Waals surface area (Å²) in [6, 6.07) is 3.79. The molecule has 0 heterocycles. The summed E-state index contributed by atoms with van der Waals surface area (Å²) in [6.45, 7) is 10.4. The lowest BCUT2D eigenvalue weighted by molar-refractivity contribution is 0.0579. The summed E-state index contributed by atoms with van der Waals surface area (Å²) in [5, 5.41) is 10.6. The molecular formula is C17H26N2O2. The largest absolute Gasteiger partial charge is 0.496 e. The third-order valence-electron chi connectivity index (χ3n) is 3.53. The van der Waals surface area contributed by atoms with Crippen LogP contribution in [0.4, 0.5) is 5.69 Å². The first-order chi connectivity index (χ1) is 9.85. The maximum absolute atomic E-state index is 10.6. The highest BCUT2D eigenvalue weighted by atomic mass is 16.5. The van der Waals surface area contributed by atoms with Crippen LogP contribution in [0.3, 0.4) is 0 Å². The Balaban J connectivity index is 3.25. The van der Waals surface area contributed by atoms with Crippen molar-refractivity contribution in [2.75, 3.05) is 20.7 Å². The predicted octanol–water partition coefficient (Wildman–Crippen LogP) is 3.40. The molecule has 0 aliphatic carbocycles. The molecule has 0 saturated carbocycles. The summed E-state index contributed by atoms with van der Waals surface area (Å²) in [5.74, 6) is 0.638. The number of aryl methyl sites for hydroxylation is 1. The smallest absolute Gasteiger partial charge is 0.127 e. The van der Waals surface area contributed by atoms with Gasteiger partial charge in [0.2, 0.25) is 0 Å². The minimum Gasteiger partial charge on any atom is -0.496 e. The van der Waals surface area contributed by atoms with E-state index in [-0.39, 0.29) is 0 Å². The van der Waals surface area contributed by atoms with Gasteiger partial charge in [-0.1, -0.05) is 6.08 Å². The maximum Gasteiger partial charge on any atom is 0.127 e. The Bertz CT molecular complexity index is 522. The molecule has 0 aliphatic rings. The van der Waals surface area contributed by atoms with E-state index in [0.717, 1.165) is 23.4 Å². The number of nitrogens with zero attached hydrogens (tertiary/aromatic N) is 2. The fourth-order valence-electron chi connectivity index (χ4n) is 2.04. The lowest BCUT2D eigenvalue weighted by atomic mass is 9.90. The predicted molar refractivity (Wildman–Crippen MR) is 88.6 cm³/mol. The summed E-state index contributed by atoms with van der Waals surface area (Å²) in [5.41, 5.74) is 1.59. The van der Waals surface area contributed by atoms with Gasteiger partial charge in [-0.05, 0) is 38.8 Å². The number of hydrogen-bond donors (Lipinski definition) is 1. The van der Waals surface area contributed by atoms with Gasteiger partial charge in [0.05, 0.1) is 24.7 Å². The molecule has 21 heavy (non-hydrogen) atoms. The number of methoxy groups -OCH3 is 1. The van der Waals surface area contributed by atoms with Gasteiger partial charge in [-0.15, -0.1) is 6.58 Å². The average Bonchev–Trinajstić information content (AvgIpc) is 2.45. The Morgan fingerprint density at radius 2 is 2.14 bits per heavy atom. The molecule has 0 saturated heterocycles. The van der Waals surface area contributed by atoms with E-state index in [9.17, 15) is 5.11 Å². The molecular weight excluding hydrogens is 264 g/mol. The molecule has 0 spiro atoms. The molecule has 0 amide bonds. The second-order valence-corrected chi connectivity index (χ2v) is 5.42. The molecule has 1 unspecified atom stereocenters. The first-order valence-electron chi connectivity index (χ1n) is 7.12. The second kappa shape index (κ2) is 7.27. The summed E-state index contributed by atoms with van der Waals surface area (Å²) in [4.78, 5) is 6.47. The van der Waals surface area contributed by atoms with Crippen LogP contribution < -0.4 is 4.74 Å².